The minimum atomic E-state index is -1.70. The molecule has 0 spiro atoms. The highest BCUT2D eigenvalue weighted by molar-refractivity contribution is 4.96. The molecule has 0 bridgehead atoms. The zero-order valence-corrected chi connectivity index (χ0v) is 14.2. The molecule has 4 heteroatoms. The van der Waals surface area contributed by atoms with Gasteiger partial charge in [-0.05, 0) is 61.3 Å². The molecular formula is C16H32O4. The molecule has 0 saturated heterocycles. The maximum Gasteiger partial charge on any atom is 0.311 e. The summed E-state index contributed by atoms with van der Waals surface area (Å²) in [7, 11) is 0. The van der Waals surface area contributed by atoms with Gasteiger partial charge in [0.05, 0.1) is 17.8 Å². The van der Waals surface area contributed by atoms with Crippen molar-refractivity contribution in [1.82, 2.24) is 0 Å². The first-order chi connectivity index (χ1) is 9.00. The molecule has 0 radical (unpaired) electrons. The Labute approximate surface area is 123 Å². The van der Waals surface area contributed by atoms with Crippen molar-refractivity contribution in [3.8, 4) is 0 Å². The maximum absolute atomic E-state index is 11.1. The standard InChI is InChI=1S/C16H32O4/c1-12(2)18-16(17,19-13(3)4)15(10-8-9-11-15)20-14(5,6)7/h12-13,17H,8-11H2,1-7H3. The van der Waals surface area contributed by atoms with Crippen molar-refractivity contribution >= 4 is 0 Å². The fraction of sp³-hybridized carbons (Fsp3) is 1.00. The highest BCUT2D eigenvalue weighted by Crippen LogP contribution is 2.46. The number of aliphatic hydroxyl groups is 1. The molecule has 1 aliphatic carbocycles. The molecule has 1 saturated carbocycles. The molecule has 0 unspecified atom stereocenters. The van der Waals surface area contributed by atoms with Gasteiger partial charge in [-0.2, -0.15) is 0 Å². The van der Waals surface area contributed by atoms with Gasteiger partial charge in [0.1, 0.15) is 5.60 Å². The minimum Gasteiger partial charge on any atom is -0.361 e. The quantitative estimate of drug-likeness (QED) is 0.758. The minimum absolute atomic E-state index is 0.139. The van der Waals surface area contributed by atoms with Gasteiger partial charge in [-0.1, -0.05) is 12.8 Å². The second-order valence-corrected chi connectivity index (χ2v) is 7.33. The predicted octanol–water partition coefficient (Wildman–Crippen LogP) is 3.61. The van der Waals surface area contributed by atoms with E-state index in [9.17, 15) is 5.11 Å². The molecule has 1 aliphatic rings. The Morgan fingerprint density at radius 2 is 1.30 bits per heavy atom. The second kappa shape index (κ2) is 6.30. The van der Waals surface area contributed by atoms with E-state index in [0.717, 1.165) is 25.7 Å². The first-order valence-corrected chi connectivity index (χ1v) is 7.78. The summed E-state index contributed by atoms with van der Waals surface area (Å²) in [6.45, 7) is 13.6. The lowest BCUT2D eigenvalue weighted by Crippen LogP contribution is -2.61. The fourth-order valence-electron chi connectivity index (χ4n) is 2.90. The molecule has 0 aromatic rings. The number of ether oxygens (including phenoxy) is 3. The van der Waals surface area contributed by atoms with Gasteiger partial charge in [0.25, 0.3) is 0 Å². The molecule has 20 heavy (non-hydrogen) atoms. The van der Waals surface area contributed by atoms with Crippen LogP contribution >= 0.6 is 0 Å². The van der Waals surface area contributed by atoms with Crippen LogP contribution < -0.4 is 0 Å². The summed E-state index contributed by atoms with van der Waals surface area (Å²) >= 11 is 0. The van der Waals surface area contributed by atoms with Crippen LogP contribution in [-0.4, -0.2) is 34.5 Å². The highest BCUT2D eigenvalue weighted by atomic mass is 16.8. The fourth-order valence-corrected chi connectivity index (χ4v) is 2.90. The summed E-state index contributed by atoms with van der Waals surface area (Å²) in [4.78, 5) is 0. The van der Waals surface area contributed by atoms with E-state index in [-0.39, 0.29) is 17.8 Å². The summed E-state index contributed by atoms with van der Waals surface area (Å²) in [5.74, 6) is -1.70. The van der Waals surface area contributed by atoms with Crippen LogP contribution in [0.1, 0.15) is 74.1 Å². The molecule has 0 heterocycles. The Bertz CT molecular complexity index is 288. The molecule has 0 aliphatic heterocycles. The van der Waals surface area contributed by atoms with Crippen molar-refractivity contribution in [3.63, 3.8) is 0 Å². The average molecular weight is 288 g/mol. The third-order valence-electron chi connectivity index (χ3n) is 3.28. The van der Waals surface area contributed by atoms with Gasteiger partial charge in [-0.25, -0.2) is 0 Å². The van der Waals surface area contributed by atoms with Gasteiger partial charge >= 0.3 is 5.97 Å². The van der Waals surface area contributed by atoms with E-state index in [2.05, 4.69) is 0 Å². The lowest BCUT2D eigenvalue weighted by molar-refractivity contribution is -0.455. The van der Waals surface area contributed by atoms with Crippen molar-refractivity contribution in [2.24, 2.45) is 0 Å². The Balaban J connectivity index is 3.10. The molecule has 1 N–H and O–H groups in total. The van der Waals surface area contributed by atoms with Gasteiger partial charge in [-0.3, -0.25) is 0 Å². The van der Waals surface area contributed by atoms with E-state index in [0.29, 0.717) is 0 Å². The van der Waals surface area contributed by atoms with E-state index in [1.54, 1.807) is 0 Å². The largest absolute Gasteiger partial charge is 0.361 e. The molecule has 0 aromatic heterocycles. The highest BCUT2D eigenvalue weighted by Gasteiger charge is 2.58. The van der Waals surface area contributed by atoms with Gasteiger partial charge < -0.3 is 19.3 Å². The Morgan fingerprint density at radius 3 is 1.60 bits per heavy atom. The van der Waals surface area contributed by atoms with Crippen LogP contribution in [-0.2, 0) is 14.2 Å². The van der Waals surface area contributed by atoms with Gasteiger partial charge in [-0.15, -0.1) is 0 Å². The smallest absolute Gasteiger partial charge is 0.311 e. The van der Waals surface area contributed by atoms with Crippen LogP contribution in [0.5, 0.6) is 0 Å². The lowest BCUT2D eigenvalue weighted by Gasteiger charge is -2.47. The molecule has 0 atom stereocenters. The van der Waals surface area contributed by atoms with E-state index in [1.165, 1.54) is 0 Å². The third kappa shape index (κ3) is 4.42. The van der Waals surface area contributed by atoms with Crippen molar-refractivity contribution in [2.75, 3.05) is 0 Å². The molecule has 0 amide bonds. The van der Waals surface area contributed by atoms with E-state index < -0.39 is 11.6 Å². The van der Waals surface area contributed by atoms with Crippen molar-refractivity contribution in [1.29, 1.82) is 0 Å². The molecule has 0 aromatic carbocycles. The van der Waals surface area contributed by atoms with Crippen LogP contribution in [0.25, 0.3) is 0 Å². The predicted molar refractivity (Wildman–Crippen MR) is 79.4 cm³/mol. The third-order valence-corrected chi connectivity index (χ3v) is 3.28. The Morgan fingerprint density at radius 1 is 0.900 bits per heavy atom. The Hall–Kier alpha value is -0.160. The first kappa shape index (κ1) is 17.9. The lowest BCUT2D eigenvalue weighted by atomic mass is 9.96. The summed E-state index contributed by atoms with van der Waals surface area (Å²) in [6, 6.07) is 0. The monoisotopic (exact) mass is 288 g/mol. The zero-order valence-electron chi connectivity index (χ0n) is 14.2. The molecule has 4 nitrogen and oxygen atoms in total. The van der Waals surface area contributed by atoms with Crippen LogP contribution in [0.2, 0.25) is 0 Å². The topological polar surface area (TPSA) is 47.9 Å². The van der Waals surface area contributed by atoms with Gasteiger partial charge in [0.2, 0.25) is 0 Å². The number of rotatable bonds is 6. The second-order valence-electron chi connectivity index (χ2n) is 7.33. The van der Waals surface area contributed by atoms with E-state index >= 15 is 0 Å². The normalized spacial score (nSPS) is 20.1. The van der Waals surface area contributed by atoms with Crippen molar-refractivity contribution in [3.05, 3.63) is 0 Å². The van der Waals surface area contributed by atoms with Crippen LogP contribution in [0.3, 0.4) is 0 Å². The van der Waals surface area contributed by atoms with Gasteiger partial charge in [0.15, 0.2) is 0 Å². The van der Waals surface area contributed by atoms with E-state index in [4.69, 9.17) is 14.2 Å². The van der Waals surface area contributed by atoms with E-state index in [1.807, 2.05) is 48.5 Å². The molecule has 1 rings (SSSR count). The van der Waals surface area contributed by atoms with Gasteiger partial charge in [0, 0.05) is 0 Å². The van der Waals surface area contributed by atoms with Crippen LogP contribution in [0.4, 0.5) is 0 Å². The van der Waals surface area contributed by atoms with Crippen molar-refractivity contribution < 1.29 is 19.3 Å². The molecule has 1 fully saturated rings. The summed E-state index contributed by atoms with van der Waals surface area (Å²) in [5, 5.41) is 11.1. The summed E-state index contributed by atoms with van der Waals surface area (Å²) in [5.41, 5.74) is -1.15. The average Bonchev–Trinajstić information content (AvgIpc) is 2.61. The number of hydrogen-bond donors (Lipinski definition) is 1. The maximum atomic E-state index is 11.1. The molecule has 120 valence electrons. The first-order valence-electron chi connectivity index (χ1n) is 7.78. The SMILES string of the molecule is CC(C)OC(O)(OC(C)C)C1(OC(C)(C)C)CCCC1. The Kier molecular flexibility index (Phi) is 5.64. The number of hydrogen-bond acceptors (Lipinski definition) is 4. The summed E-state index contributed by atoms with van der Waals surface area (Å²) in [6.07, 6.45) is 3.25. The summed E-state index contributed by atoms with van der Waals surface area (Å²) < 4.78 is 17.8. The van der Waals surface area contributed by atoms with Crippen LogP contribution in [0, 0.1) is 0 Å². The van der Waals surface area contributed by atoms with Crippen molar-refractivity contribution in [2.45, 2.75) is 104 Å². The zero-order chi connectivity index (χ0) is 15.6. The van der Waals surface area contributed by atoms with Crippen LogP contribution in [0.15, 0.2) is 0 Å². The molecular weight excluding hydrogens is 256 g/mol.